The number of esters is 1. The summed E-state index contributed by atoms with van der Waals surface area (Å²) in [5.41, 5.74) is 1.56. The SMILES string of the molecule is CCCCCOCCOC(=O)c1ccccc1C. The van der Waals surface area contributed by atoms with E-state index in [-0.39, 0.29) is 5.97 Å². The van der Waals surface area contributed by atoms with Gasteiger partial charge in [0.15, 0.2) is 0 Å². The molecule has 1 aromatic carbocycles. The summed E-state index contributed by atoms with van der Waals surface area (Å²) in [6, 6.07) is 7.42. The van der Waals surface area contributed by atoms with Crippen LogP contribution in [0, 0.1) is 6.92 Å². The molecule has 0 atom stereocenters. The molecule has 0 radical (unpaired) electrons. The Hall–Kier alpha value is -1.35. The average molecular weight is 250 g/mol. The van der Waals surface area contributed by atoms with Crippen molar-refractivity contribution in [3.63, 3.8) is 0 Å². The molecule has 1 rings (SSSR count). The van der Waals surface area contributed by atoms with E-state index in [1.165, 1.54) is 12.8 Å². The summed E-state index contributed by atoms with van der Waals surface area (Å²) in [5.74, 6) is -0.273. The third-order valence-corrected chi connectivity index (χ3v) is 2.72. The summed E-state index contributed by atoms with van der Waals surface area (Å²) in [5, 5.41) is 0. The number of benzene rings is 1. The number of carbonyl (C=O) groups excluding carboxylic acids is 1. The molecule has 18 heavy (non-hydrogen) atoms. The van der Waals surface area contributed by atoms with Gasteiger partial charge >= 0.3 is 5.97 Å². The van der Waals surface area contributed by atoms with E-state index in [4.69, 9.17) is 9.47 Å². The third-order valence-electron chi connectivity index (χ3n) is 2.72. The van der Waals surface area contributed by atoms with Gasteiger partial charge in [0, 0.05) is 6.61 Å². The minimum Gasteiger partial charge on any atom is -0.460 e. The molecule has 0 aliphatic carbocycles. The van der Waals surface area contributed by atoms with Gasteiger partial charge in [0.2, 0.25) is 0 Å². The van der Waals surface area contributed by atoms with Crippen LogP contribution in [0.2, 0.25) is 0 Å². The van der Waals surface area contributed by atoms with Crippen molar-refractivity contribution in [3.05, 3.63) is 35.4 Å². The van der Waals surface area contributed by atoms with Gasteiger partial charge in [0.1, 0.15) is 6.61 Å². The predicted octanol–water partition coefficient (Wildman–Crippen LogP) is 3.36. The monoisotopic (exact) mass is 250 g/mol. The Morgan fingerprint density at radius 1 is 1.11 bits per heavy atom. The van der Waals surface area contributed by atoms with Gasteiger partial charge in [-0.2, -0.15) is 0 Å². The summed E-state index contributed by atoms with van der Waals surface area (Å²) in [7, 11) is 0. The van der Waals surface area contributed by atoms with Crippen LogP contribution in [0.3, 0.4) is 0 Å². The predicted molar refractivity (Wildman–Crippen MR) is 71.8 cm³/mol. The third kappa shape index (κ3) is 5.32. The molecule has 0 saturated heterocycles. The second kappa shape index (κ2) is 8.70. The number of unbranched alkanes of at least 4 members (excludes halogenated alkanes) is 2. The highest BCUT2D eigenvalue weighted by atomic mass is 16.6. The number of rotatable bonds is 8. The van der Waals surface area contributed by atoms with Crippen LogP contribution in [-0.4, -0.2) is 25.8 Å². The molecule has 0 heterocycles. The normalized spacial score (nSPS) is 10.3. The molecular weight excluding hydrogens is 228 g/mol. The Bertz CT molecular complexity index is 361. The molecule has 0 fully saturated rings. The molecule has 100 valence electrons. The van der Waals surface area contributed by atoms with Gasteiger partial charge in [-0.15, -0.1) is 0 Å². The fourth-order valence-electron chi connectivity index (χ4n) is 1.63. The number of ether oxygens (including phenoxy) is 2. The smallest absolute Gasteiger partial charge is 0.338 e. The second-order valence-corrected chi connectivity index (χ2v) is 4.27. The molecule has 0 saturated carbocycles. The van der Waals surface area contributed by atoms with Gasteiger partial charge in [0.05, 0.1) is 12.2 Å². The number of carbonyl (C=O) groups is 1. The van der Waals surface area contributed by atoms with E-state index < -0.39 is 0 Å². The molecule has 3 heteroatoms. The lowest BCUT2D eigenvalue weighted by atomic mass is 10.1. The van der Waals surface area contributed by atoms with Crippen molar-refractivity contribution < 1.29 is 14.3 Å². The highest BCUT2D eigenvalue weighted by molar-refractivity contribution is 5.90. The molecule has 0 unspecified atom stereocenters. The molecule has 3 nitrogen and oxygen atoms in total. The second-order valence-electron chi connectivity index (χ2n) is 4.27. The van der Waals surface area contributed by atoms with Crippen LogP contribution in [0.1, 0.15) is 42.1 Å². The van der Waals surface area contributed by atoms with Gasteiger partial charge in [-0.25, -0.2) is 4.79 Å². The molecular formula is C15H22O3. The maximum Gasteiger partial charge on any atom is 0.338 e. The van der Waals surface area contributed by atoms with E-state index in [1.807, 2.05) is 25.1 Å². The number of hydrogen-bond donors (Lipinski definition) is 0. The average Bonchev–Trinajstić information content (AvgIpc) is 2.38. The molecule has 0 aromatic heterocycles. The van der Waals surface area contributed by atoms with Crippen molar-refractivity contribution in [1.29, 1.82) is 0 Å². The van der Waals surface area contributed by atoms with E-state index in [2.05, 4.69) is 6.92 Å². The Balaban J connectivity index is 2.16. The van der Waals surface area contributed by atoms with Crippen LogP contribution in [-0.2, 0) is 9.47 Å². The van der Waals surface area contributed by atoms with Gasteiger partial charge < -0.3 is 9.47 Å². The molecule has 0 spiro atoms. The van der Waals surface area contributed by atoms with Crippen LogP contribution in [0.4, 0.5) is 0 Å². The molecule has 0 bridgehead atoms. The van der Waals surface area contributed by atoms with Crippen molar-refractivity contribution in [1.82, 2.24) is 0 Å². The van der Waals surface area contributed by atoms with Gasteiger partial charge in [-0.3, -0.25) is 0 Å². The fraction of sp³-hybridized carbons (Fsp3) is 0.533. The maximum atomic E-state index is 11.7. The number of hydrogen-bond acceptors (Lipinski definition) is 3. The Kier molecular flexibility index (Phi) is 7.11. The van der Waals surface area contributed by atoms with Crippen molar-refractivity contribution >= 4 is 5.97 Å². The topological polar surface area (TPSA) is 35.5 Å². The first-order valence-corrected chi connectivity index (χ1v) is 6.56. The van der Waals surface area contributed by atoms with Gasteiger partial charge in [-0.05, 0) is 25.0 Å². The van der Waals surface area contributed by atoms with Gasteiger partial charge in [-0.1, -0.05) is 38.0 Å². The Morgan fingerprint density at radius 3 is 2.61 bits per heavy atom. The standard InChI is InChI=1S/C15H22O3/c1-3-4-7-10-17-11-12-18-15(16)14-9-6-5-8-13(14)2/h5-6,8-9H,3-4,7,10-12H2,1-2H3. The molecule has 0 N–H and O–H groups in total. The molecule has 0 aliphatic rings. The minimum absolute atomic E-state index is 0.273. The van der Waals surface area contributed by atoms with Crippen LogP contribution < -0.4 is 0 Å². The lowest BCUT2D eigenvalue weighted by molar-refractivity contribution is 0.0312. The van der Waals surface area contributed by atoms with Crippen LogP contribution in [0.15, 0.2) is 24.3 Å². The highest BCUT2D eigenvalue weighted by Crippen LogP contribution is 2.08. The van der Waals surface area contributed by atoms with Crippen molar-refractivity contribution in [3.8, 4) is 0 Å². The lowest BCUT2D eigenvalue weighted by Crippen LogP contribution is -2.12. The summed E-state index contributed by atoms with van der Waals surface area (Å²) in [4.78, 5) is 11.7. The van der Waals surface area contributed by atoms with Crippen LogP contribution in [0.25, 0.3) is 0 Å². The van der Waals surface area contributed by atoms with E-state index in [1.54, 1.807) is 6.07 Å². The summed E-state index contributed by atoms with van der Waals surface area (Å²) < 4.78 is 10.5. The Labute approximate surface area is 109 Å². The first kappa shape index (κ1) is 14.7. The molecule has 0 amide bonds. The zero-order valence-electron chi connectivity index (χ0n) is 11.3. The quantitative estimate of drug-likeness (QED) is 0.524. The minimum atomic E-state index is -0.273. The van der Waals surface area contributed by atoms with E-state index in [0.717, 1.165) is 18.6 Å². The van der Waals surface area contributed by atoms with Crippen molar-refractivity contribution in [2.75, 3.05) is 19.8 Å². The zero-order valence-corrected chi connectivity index (χ0v) is 11.3. The van der Waals surface area contributed by atoms with Crippen LogP contribution >= 0.6 is 0 Å². The summed E-state index contributed by atoms with van der Waals surface area (Å²) >= 11 is 0. The summed E-state index contributed by atoms with van der Waals surface area (Å²) in [6.45, 7) is 5.60. The first-order valence-electron chi connectivity index (χ1n) is 6.56. The number of aryl methyl sites for hydroxylation is 1. The summed E-state index contributed by atoms with van der Waals surface area (Å²) in [6.07, 6.45) is 3.44. The van der Waals surface area contributed by atoms with E-state index >= 15 is 0 Å². The molecule has 0 aliphatic heterocycles. The van der Waals surface area contributed by atoms with Crippen LogP contribution in [0.5, 0.6) is 0 Å². The fourth-order valence-corrected chi connectivity index (χ4v) is 1.63. The lowest BCUT2D eigenvalue weighted by Gasteiger charge is -2.07. The highest BCUT2D eigenvalue weighted by Gasteiger charge is 2.08. The van der Waals surface area contributed by atoms with E-state index in [9.17, 15) is 4.79 Å². The van der Waals surface area contributed by atoms with E-state index in [0.29, 0.717) is 18.8 Å². The van der Waals surface area contributed by atoms with Gasteiger partial charge in [0.25, 0.3) is 0 Å². The zero-order chi connectivity index (χ0) is 13.2. The Morgan fingerprint density at radius 2 is 1.89 bits per heavy atom. The van der Waals surface area contributed by atoms with Crippen molar-refractivity contribution in [2.24, 2.45) is 0 Å². The van der Waals surface area contributed by atoms with Crippen molar-refractivity contribution in [2.45, 2.75) is 33.1 Å². The first-order chi connectivity index (χ1) is 8.75. The molecule has 1 aromatic rings. The maximum absolute atomic E-state index is 11.7. The largest absolute Gasteiger partial charge is 0.460 e.